The second kappa shape index (κ2) is 16.6. The summed E-state index contributed by atoms with van der Waals surface area (Å²) in [6.07, 6.45) is -1.97. The summed E-state index contributed by atoms with van der Waals surface area (Å²) < 4.78 is 50.3. The van der Waals surface area contributed by atoms with Gasteiger partial charge in [0.05, 0.1) is 36.8 Å². The third-order valence-corrected chi connectivity index (χ3v) is 7.70. The summed E-state index contributed by atoms with van der Waals surface area (Å²) >= 11 is 0. The zero-order chi connectivity index (χ0) is 33.1. The van der Waals surface area contributed by atoms with Gasteiger partial charge in [0, 0.05) is 62.7 Å². The van der Waals surface area contributed by atoms with Gasteiger partial charge in [-0.3, -0.25) is 19.4 Å². The Morgan fingerprint density at radius 3 is 2.56 bits per heavy atom. The van der Waals surface area contributed by atoms with Crippen LogP contribution in [0.15, 0.2) is 42.7 Å². The quantitative estimate of drug-likeness (QED) is 0.422. The first-order valence-corrected chi connectivity index (χ1v) is 15.1. The smallest absolute Gasteiger partial charge is 0.389 e. The molecule has 0 spiro atoms. The van der Waals surface area contributed by atoms with E-state index in [4.69, 9.17) is 9.47 Å². The Bertz CT molecular complexity index is 1280. The summed E-state index contributed by atoms with van der Waals surface area (Å²) in [4.78, 5) is 46.5. The van der Waals surface area contributed by atoms with Gasteiger partial charge in [0.25, 0.3) is 11.8 Å². The van der Waals surface area contributed by atoms with E-state index in [1.54, 1.807) is 43.4 Å². The first-order chi connectivity index (χ1) is 21.3. The van der Waals surface area contributed by atoms with E-state index in [2.05, 4.69) is 10.3 Å². The fraction of sp³-hybridized carbons (Fsp3) is 0.562. The average molecular weight is 637 g/mol. The van der Waals surface area contributed by atoms with Crippen LogP contribution in [0.5, 0.6) is 5.75 Å². The Morgan fingerprint density at radius 2 is 1.89 bits per heavy atom. The van der Waals surface area contributed by atoms with Crippen LogP contribution < -0.4 is 10.1 Å². The molecule has 10 nitrogen and oxygen atoms in total. The van der Waals surface area contributed by atoms with Crippen LogP contribution in [-0.2, 0) is 9.53 Å². The standard InChI is InChI=1S/C32H43F3N4O6/c1-21-18-39(22(2)20-40)31(43)26-17-25(37-29(41)10-13-32(33,34)35)8-9-27(26)45-23(3)7-5-6-16-44-28(21)19-38(4)30(42)24-11-14-36-15-12-24/h8-9,11-12,14-15,17,21-23,28,40H,5-7,10,13,16,18-20H2,1-4H3,(H,37,41)/t21-,22+,23-,28-/m1/s1. The molecule has 2 aromatic rings. The third kappa shape index (κ3) is 11.0. The van der Waals surface area contributed by atoms with E-state index >= 15 is 0 Å². The van der Waals surface area contributed by atoms with Crippen molar-refractivity contribution in [3.05, 3.63) is 53.9 Å². The normalized spacial score (nSPS) is 20.8. The van der Waals surface area contributed by atoms with Gasteiger partial charge in [0.15, 0.2) is 0 Å². The van der Waals surface area contributed by atoms with E-state index < -0.39 is 43.0 Å². The summed E-state index contributed by atoms with van der Waals surface area (Å²) in [7, 11) is 1.68. The highest BCUT2D eigenvalue weighted by atomic mass is 19.4. The predicted octanol–water partition coefficient (Wildman–Crippen LogP) is 4.93. The van der Waals surface area contributed by atoms with E-state index in [0.717, 1.165) is 12.8 Å². The maximum atomic E-state index is 14.1. The van der Waals surface area contributed by atoms with Crippen molar-refractivity contribution in [1.29, 1.82) is 0 Å². The molecule has 2 heterocycles. The van der Waals surface area contributed by atoms with Gasteiger partial charge in [-0.1, -0.05) is 6.92 Å². The van der Waals surface area contributed by atoms with Crippen LogP contribution in [0, 0.1) is 5.92 Å². The van der Waals surface area contributed by atoms with Gasteiger partial charge >= 0.3 is 6.18 Å². The topological polar surface area (TPSA) is 121 Å². The highest BCUT2D eigenvalue weighted by Crippen LogP contribution is 2.29. The fourth-order valence-electron chi connectivity index (χ4n) is 5.01. The van der Waals surface area contributed by atoms with Crippen molar-refractivity contribution in [2.45, 2.75) is 77.3 Å². The first-order valence-electron chi connectivity index (χ1n) is 15.1. The second-order valence-corrected chi connectivity index (χ2v) is 11.6. The predicted molar refractivity (Wildman–Crippen MR) is 162 cm³/mol. The largest absolute Gasteiger partial charge is 0.490 e. The molecule has 0 aliphatic carbocycles. The number of aliphatic hydroxyl groups is 1. The first kappa shape index (κ1) is 35.8. The lowest BCUT2D eigenvalue weighted by Gasteiger charge is -2.36. The molecule has 45 heavy (non-hydrogen) atoms. The summed E-state index contributed by atoms with van der Waals surface area (Å²) in [5.74, 6) is -1.55. The number of anilines is 1. The molecular weight excluding hydrogens is 593 g/mol. The SMILES string of the molecule is C[C@@H]1CCCCO[C@H](CN(C)C(=O)c2ccncc2)[C@H](C)CN([C@@H](C)CO)C(=O)c2cc(NC(=O)CCC(F)(F)F)ccc2O1. The van der Waals surface area contributed by atoms with Crippen molar-refractivity contribution in [1.82, 2.24) is 14.8 Å². The molecule has 0 bridgehead atoms. The molecule has 2 N–H and O–H groups in total. The molecule has 3 amide bonds. The number of aromatic nitrogens is 1. The number of hydrogen-bond donors (Lipinski definition) is 2. The van der Waals surface area contributed by atoms with Crippen molar-refractivity contribution in [2.24, 2.45) is 5.92 Å². The Kier molecular flexibility index (Phi) is 13.2. The number of aliphatic hydroxyl groups excluding tert-OH is 1. The van der Waals surface area contributed by atoms with Crippen LogP contribution >= 0.6 is 0 Å². The lowest BCUT2D eigenvalue weighted by atomic mass is 10.0. The van der Waals surface area contributed by atoms with Gasteiger partial charge in [-0.25, -0.2) is 0 Å². The van der Waals surface area contributed by atoms with Gasteiger partial charge in [-0.15, -0.1) is 0 Å². The number of likely N-dealkylation sites (N-methyl/N-ethyl adjacent to an activating group) is 1. The lowest BCUT2D eigenvalue weighted by Crippen LogP contribution is -2.48. The zero-order valence-electron chi connectivity index (χ0n) is 26.2. The number of benzene rings is 1. The summed E-state index contributed by atoms with van der Waals surface area (Å²) in [5.41, 5.74) is 0.731. The van der Waals surface area contributed by atoms with Gasteiger partial charge < -0.3 is 29.7 Å². The molecule has 1 aliphatic rings. The van der Waals surface area contributed by atoms with E-state index in [9.17, 15) is 32.7 Å². The molecule has 1 aromatic heterocycles. The number of ether oxygens (including phenoxy) is 2. The number of rotatable bonds is 8. The minimum atomic E-state index is -4.48. The van der Waals surface area contributed by atoms with E-state index in [1.807, 2.05) is 13.8 Å². The number of nitrogens with zero attached hydrogens (tertiary/aromatic N) is 3. The van der Waals surface area contributed by atoms with Crippen molar-refractivity contribution in [2.75, 3.05) is 38.7 Å². The molecule has 13 heteroatoms. The Labute approximate surface area is 261 Å². The highest BCUT2D eigenvalue weighted by Gasteiger charge is 2.32. The van der Waals surface area contributed by atoms with Crippen LogP contribution in [0.2, 0.25) is 0 Å². The van der Waals surface area contributed by atoms with Crippen LogP contribution in [0.25, 0.3) is 0 Å². The van der Waals surface area contributed by atoms with E-state index in [0.29, 0.717) is 18.6 Å². The van der Waals surface area contributed by atoms with Gasteiger partial charge in [-0.2, -0.15) is 13.2 Å². The number of carbonyl (C=O) groups excluding carboxylic acids is 3. The van der Waals surface area contributed by atoms with E-state index in [-0.39, 0.29) is 54.6 Å². The molecule has 3 rings (SSSR count). The molecule has 248 valence electrons. The van der Waals surface area contributed by atoms with Gasteiger partial charge in [0.2, 0.25) is 5.91 Å². The summed E-state index contributed by atoms with van der Waals surface area (Å²) in [6, 6.07) is 7.03. The van der Waals surface area contributed by atoms with Gasteiger partial charge in [-0.05, 0) is 63.4 Å². The molecular formula is C32H43F3N4O6. The lowest BCUT2D eigenvalue weighted by molar-refractivity contribution is -0.142. The third-order valence-electron chi connectivity index (χ3n) is 7.70. The van der Waals surface area contributed by atoms with Gasteiger partial charge in [0.1, 0.15) is 5.75 Å². The molecule has 1 aromatic carbocycles. The minimum Gasteiger partial charge on any atom is -0.490 e. The molecule has 4 atom stereocenters. The second-order valence-electron chi connectivity index (χ2n) is 11.6. The van der Waals surface area contributed by atoms with Crippen molar-refractivity contribution < 1.29 is 42.1 Å². The fourth-order valence-corrected chi connectivity index (χ4v) is 5.01. The van der Waals surface area contributed by atoms with Crippen molar-refractivity contribution >= 4 is 23.4 Å². The number of amides is 3. The van der Waals surface area contributed by atoms with Crippen molar-refractivity contribution in [3.8, 4) is 5.75 Å². The molecule has 1 aliphatic heterocycles. The Balaban J connectivity index is 1.91. The number of carbonyl (C=O) groups is 3. The summed E-state index contributed by atoms with van der Waals surface area (Å²) in [5, 5.41) is 12.5. The van der Waals surface area contributed by atoms with Crippen LogP contribution in [0.4, 0.5) is 18.9 Å². The van der Waals surface area contributed by atoms with Crippen LogP contribution in [-0.4, -0.2) is 95.4 Å². The molecule has 0 saturated carbocycles. The Morgan fingerprint density at radius 1 is 1.18 bits per heavy atom. The zero-order valence-corrected chi connectivity index (χ0v) is 26.2. The number of alkyl halides is 3. The highest BCUT2D eigenvalue weighted by molar-refractivity contribution is 5.99. The molecule has 0 unspecified atom stereocenters. The molecule has 0 fully saturated rings. The maximum Gasteiger partial charge on any atom is 0.389 e. The van der Waals surface area contributed by atoms with Crippen molar-refractivity contribution in [3.63, 3.8) is 0 Å². The number of hydrogen-bond acceptors (Lipinski definition) is 7. The number of fused-ring (bicyclic) bond motifs is 1. The van der Waals surface area contributed by atoms with Crippen LogP contribution in [0.1, 0.15) is 73.6 Å². The minimum absolute atomic E-state index is 0.0995. The monoisotopic (exact) mass is 636 g/mol. The average Bonchev–Trinajstić information content (AvgIpc) is 3.01. The number of pyridine rings is 1. The molecule has 0 saturated heterocycles. The maximum absolute atomic E-state index is 14.1. The number of halogens is 3. The van der Waals surface area contributed by atoms with Crippen LogP contribution in [0.3, 0.4) is 0 Å². The summed E-state index contributed by atoms with van der Waals surface area (Å²) in [6.45, 7) is 5.96. The number of nitrogens with one attached hydrogen (secondary N) is 1. The molecule has 0 radical (unpaired) electrons. The Hall–Kier alpha value is -3.71. The van der Waals surface area contributed by atoms with E-state index in [1.165, 1.54) is 23.1 Å².